The third kappa shape index (κ3) is 4.52. The predicted molar refractivity (Wildman–Crippen MR) is 11.1 cm³/mol. The van der Waals surface area contributed by atoms with Gasteiger partial charge in [-0.05, 0) is 0 Å². The molecule has 0 unspecified atom stereocenters. The molecule has 0 bridgehead atoms. The molecule has 0 aliphatic heterocycles. The summed E-state index contributed by atoms with van der Waals surface area (Å²) in [4.78, 5) is 8.78. The molecular formula is C2F3O2Y+2. The Hall–Kier alpha value is 0.364. The summed E-state index contributed by atoms with van der Waals surface area (Å²) in [6.45, 7) is 0. The van der Waals surface area contributed by atoms with Gasteiger partial charge in [-0.3, -0.25) is 0 Å². The van der Waals surface area contributed by atoms with Gasteiger partial charge in [0.2, 0.25) is 0 Å². The molecule has 0 aliphatic rings. The van der Waals surface area contributed by atoms with Gasteiger partial charge in [0.1, 0.15) is 5.97 Å². The van der Waals surface area contributed by atoms with Crippen molar-refractivity contribution in [3.8, 4) is 0 Å². The molecule has 0 aromatic carbocycles. The van der Waals surface area contributed by atoms with Crippen LogP contribution in [0.3, 0.4) is 0 Å². The second-order valence-corrected chi connectivity index (χ2v) is 0.785. The molecule has 6 heteroatoms. The van der Waals surface area contributed by atoms with E-state index in [9.17, 15) is 13.2 Å². The zero-order chi connectivity index (χ0) is 6.08. The van der Waals surface area contributed by atoms with E-state index >= 15 is 0 Å². The van der Waals surface area contributed by atoms with Crippen LogP contribution in [0.25, 0.3) is 0 Å². The van der Waals surface area contributed by atoms with Gasteiger partial charge in [0.15, 0.2) is 0 Å². The van der Waals surface area contributed by atoms with Gasteiger partial charge in [-0.1, -0.05) is 0 Å². The van der Waals surface area contributed by atoms with E-state index in [0.717, 1.165) is 0 Å². The van der Waals surface area contributed by atoms with Crippen LogP contribution in [0, 0.1) is 0 Å². The van der Waals surface area contributed by atoms with E-state index in [1.165, 1.54) is 0 Å². The fourth-order valence-electron chi connectivity index (χ4n) is 0. The van der Waals surface area contributed by atoms with E-state index < -0.39 is 12.1 Å². The molecule has 0 aromatic rings. The molecule has 0 fully saturated rings. The summed E-state index contributed by atoms with van der Waals surface area (Å²) in [5.74, 6) is -3.01. The first-order valence-electron chi connectivity index (χ1n) is 1.23. The van der Waals surface area contributed by atoms with Crippen LogP contribution in [-0.2, 0) is 37.5 Å². The van der Waals surface area contributed by atoms with Gasteiger partial charge in [-0.25, -0.2) is 0 Å². The molecular weight excluding hydrogens is 202 g/mol. The molecule has 0 saturated heterocycles. The van der Waals surface area contributed by atoms with E-state index in [2.05, 4.69) is 0 Å². The van der Waals surface area contributed by atoms with E-state index in [0.29, 0.717) is 0 Å². The molecule has 0 radical (unpaired) electrons. The summed E-state index contributed by atoms with van der Waals surface area (Å²) >= 11 is 0. The van der Waals surface area contributed by atoms with Gasteiger partial charge in [-0.15, -0.1) is 0 Å². The Morgan fingerprint density at radius 2 is 1.50 bits per heavy atom. The van der Waals surface area contributed by atoms with Crippen LogP contribution in [0.15, 0.2) is 0 Å². The Kier molecular flexibility index (Phi) is 4.76. The van der Waals surface area contributed by atoms with E-state index in [4.69, 9.17) is 9.90 Å². The zero-order valence-corrected chi connectivity index (χ0v) is 6.37. The first-order valence-corrected chi connectivity index (χ1v) is 1.23. The van der Waals surface area contributed by atoms with E-state index in [-0.39, 0.29) is 32.7 Å². The number of carboxylic acids is 1. The van der Waals surface area contributed by atoms with E-state index in [1.54, 1.807) is 0 Å². The number of carboxylic acid groups (broad SMARTS) is 1. The number of halogens is 3. The van der Waals surface area contributed by atoms with Gasteiger partial charge in [-0.2, -0.15) is 13.2 Å². The van der Waals surface area contributed by atoms with Crippen molar-refractivity contribution < 1.29 is 55.8 Å². The third-order valence-electron chi connectivity index (χ3n) is 0.231. The van der Waals surface area contributed by atoms with Gasteiger partial charge in [0.05, 0.1) is 0 Å². The van der Waals surface area contributed by atoms with Crippen LogP contribution >= 0.6 is 0 Å². The van der Waals surface area contributed by atoms with Crippen LogP contribution in [-0.4, -0.2) is 12.1 Å². The quantitative estimate of drug-likeness (QED) is 0.520. The Balaban J connectivity index is 0. The number of hydrogen-bond acceptors (Lipinski definition) is 2. The Morgan fingerprint density at radius 1 is 1.38 bits per heavy atom. The van der Waals surface area contributed by atoms with Crippen molar-refractivity contribution in [3.05, 3.63) is 0 Å². The van der Waals surface area contributed by atoms with Crippen molar-refractivity contribution in [3.63, 3.8) is 0 Å². The Bertz CT molecular complexity index is 87.8. The van der Waals surface area contributed by atoms with Gasteiger partial charge >= 0.3 is 38.9 Å². The number of carbonyl (C=O) groups is 1. The minimum atomic E-state index is -5.19. The van der Waals surface area contributed by atoms with Crippen LogP contribution in [0.5, 0.6) is 0 Å². The van der Waals surface area contributed by atoms with Crippen molar-refractivity contribution in [1.29, 1.82) is 0 Å². The summed E-state index contributed by atoms with van der Waals surface area (Å²) < 4.78 is 31.5. The molecule has 2 nitrogen and oxygen atoms in total. The van der Waals surface area contributed by atoms with Crippen LogP contribution < -0.4 is 5.11 Å². The molecule has 8 heavy (non-hydrogen) atoms. The standard InChI is InChI=1S/C2HF3O2.Y/c3-2(4,5)1(6)7;/h(H,6,7);/q;+3/p-1. The largest absolute Gasteiger partial charge is 3.00 e. The SMILES string of the molecule is O=C([O-])C(F)(F)F.[Y+3]. The van der Waals surface area contributed by atoms with Gasteiger partial charge in [0.25, 0.3) is 0 Å². The van der Waals surface area contributed by atoms with Gasteiger partial charge < -0.3 is 9.90 Å². The minimum Gasteiger partial charge on any atom is -0.542 e. The smallest absolute Gasteiger partial charge is 0.542 e. The molecule has 0 aromatic heterocycles. The second kappa shape index (κ2) is 3.40. The minimum absolute atomic E-state index is 0. The predicted octanol–water partition coefficient (Wildman–Crippen LogP) is -0.704. The average Bonchev–Trinajstić information content (AvgIpc) is 1.31. The molecule has 0 amide bonds. The zero-order valence-electron chi connectivity index (χ0n) is 3.53. The van der Waals surface area contributed by atoms with Gasteiger partial charge in [0, 0.05) is 0 Å². The van der Waals surface area contributed by atoms with Crippen molar-refractivity contribution in [2.75, 3.05) is 0 Å². The second-order valence-electron chi connectivity index (χ2n) is 0.785. The van der Waals surface area contributed by atoms with Crippen LogP contribution in [0.2, 0.25) is 0 Å². The maximum Gasteiger partial charge on any atom is 3.00 e. The van der Waals surface area contributed by atoms with Crippen LogP contribution in [0.1, 0.15) is 0 Å². The van der Waals surface area contributed by atoms with Crippen molar-refractivity contribution in [1.82, 2.24) is 0 Å². The molecule has 0 atom stereocenters. The summed E-state index contributed by atoms with van der Waals surface area (Å²) in [5, 5.41) is 8.78. The fourth-order valence-corrected chi connectivity index (χ4v) is 0. The summed E-state index contributed by atoms with van der Waals surface area (Å²) in [6.07, 6.45) is -5.19. The molecule has 0 N–H and O–H groups in total. The molecule has 0 heterocycles. The van der Waals surface area contributed by atoms with E-state index in [1.807, 2.05) is 0 Å². The van der Waals surface area contributed by atoms with Crippen molar-refractivity contribution >= 4 is 5.97 Å². The number of carbonyl (C=O) groups excluding carboxylic acids is 1. The molecule has 0 aliphatic carbocycles. The summed E-state index contributed by atoms with van der Waals surface area (Å²) in [6, 6.07) is 0. The third-order valence-corrected chi connectivity index (χ3v) is 0.231. The van der Waals surface area contributed by atoms with Crippen molar-refractivity contribution in [2.24, 2.45) is 0 Å². The number of alkyl halides is 3. The van der Waals surface area contributed by atoms with Crippen molar-refractivity contribution in [2.45, 2.75) is 6.18 Å². The first kappa shape index (κ1) is 11.2. The molecule has 0 spiro atoms. The summed E-state index contributed by atoms with van der Waals surface area (Å²) in [5.41, 5.74) is 0. The monoisotopic (exact) mass is 202 g/mol. The first-order chi connectivity index (χ1) is 2.94. The molecule has 0 saturated carbocycles. The number of rotatable bonds is 0. The fraction of sp³-hybridized carbons (Fsp3) is 0.500. The average molecular weight is 202 g/mol. The number of aliphatic carboxylic acids is 1. The maximum absolute atomic E-state index is 10.5. The molecule has 42 valence electrons. The maximum atomic E-state index is 10.5. The molecule has 0 rings (SSSR count). The normalized spacial score (nSPS) is 9.88. The Morgan fingerprint density at radius 3 is 1.50 bits per heavy atom. The summed E-state index contributed by atoms with van der Waals surface area (Å²) in [7, 11) is 0. The number of hydrogen-bond donors (Lipinski definition) is 0. The topological polar surface area (TPSA) is 40.1 Å². The van der Waals surface area contributed by atoms with Crippen LogP contribution in [0.4, 0.5) is 13.2 Å². The Labute approximate surface area is 67.9 Å².